The predicted octanol–water partition coefficient (Wildman–Crippen LogP) is 3.56. The Morgan fingerprint density at radius 3 is 2.56 bits per heavy atom. The van der Waals surface area contributed by atoms with Crippen molar-refractivity contribution in [2.45, 2.75) is 24.8 Å². The number of methoxy groups -OCH3 is 1. The number of ether oxygens (including phenoxy) is 2. The van der Waals surface area contributed by atoms with Crippen molar-refractivity contribution in [3.8, 4) is 5.75 Å². The summed E-state index contributed by atoms with van der Waals surface area (Å²) in [6.45, 7) is 2.89. The van der Waals surface area contributed by atoms with E-state index in [9.17, 15) is 14.4 Å². The second-order valence-electron chi connectivity index (χ2n) is 5.72. The molecule has 27 heavy (non-hydrogen) atoms. The van der Waals surface area contributed by atoms with Crippen LogP contribution in [0.1, 0.15) is 24.2 Å². The van der Waals surface area contributed by atoms with E-state index in [4.69, 9.17) is 9.47 Å². The average Bonchev–Trinajstić information content (AvgIpc) is 2.66. The number of esters is 1. The number of rotatable bonds is 8. The molecule has 2 rings (SSSR count). The molecular weight excluding hydrogens is 366 g/mol. The first kappa shape index (κ1) is 20.5. The second kappa shape index (κ2) is 9.78. The van der Waals surface area contributed by atoms with Crippen molar-refractivity contribution in [1.29, 1.82) is 0 Å². The Kier molecular flexibility index (Phi) is 7.43. The molecule has 0 bridgehead atoms. The topological polar surface area (TPSA) is 81.7 Å². The average molecular weight is 387 g/mol. The Morgan fingerprint density at radius 1 is 1.11 bits per heavy atom. The van der Waals surface area contributed by atoms with E-state index >= 15 is 0 Å². The lowest BCUT2D eigenvalue weighted by molar-refractivity contribution is -0.124. The first-order chi connectivity index (χ1) is 12.9. The van der Waals surface area contributed by atoms with Crippen LogP contribution in [0.4, 0.5) is 5.69 Å². The van der Waals surface area contributed by atoms with Gasteiger partial charge >= 0.3 is 5.97 Å². The molecule has 0 saturated carbocycles. The van der Waals surface area contributed by atoms with Crippen LogP contribution < -0.4 is 10.1 Å². The summed E-state index contributed by atoms with van der Waals surface area (Å²) in [7, 11) is 1.56. The lowest BCUT2D eigenvalue weighted by Gasteiger charge is -2.12. The zero-order valence-electron chi connectivity index (χ0n) is 15.4. The van der Waals surface area contributed by atoms with Crippen LogP contribution in [0, 0.1) is 0 Å². The maximum absolute atomic E-state index is 12.3. The van der Waals surface area contributed by atoms with Crippen LogP contribution in [-0.2, 0) is 14.3 Å². The molecule has 1 N–H and O–H groups in total. The number of amides is 1. The van der Waals surface area contributed by atoms with E-state index in [1.165, 1.54) is 25.6 Å². The van der Waals surface area contributed by atoms with E-state index < -0.39 is 12.1 Å². The van der Waals surface area contributed by atoms with Gasteiger partial charge < -0.3 is 14.8 Å². The summed E-state index contributed by atoms with van der Waals surface area (Å²) in [6, 6.07) is 13.9. The normalized spacial score (nSPS) is 11.4. The maximum Gasteiger partial charge on any atom is 0.339 e. The third-order valence-electron chi connectivity index (χ3n) is 3.68. The molecule has 2 aromatic carbocycles. The van der Waals surface area contributed by atoms with Gasteiger partial charge in [-0.2, -0.15) is 0 Å². The van der Waals surface area contributed by atoms with Gasteiger partial charge in [0.25, 0.3) is 0 Å². The molecule has 0 aromatic heterocycles. The van der Waals surface area contributed by atoms with Gasteiger partial charge in [-0.1, -0.05) is 18.2 Å². The molecule has 7 heteroatoms. The van der Waals surface area contributed by atoms with Gasteiger partial charge in [0.15, 0.2) is 11.9 Å². The number of carbonyl (C=O) groups excluding carboxylic acids is 3. The van der Waals surface area contributed by atoms with Crippen molar-refractivity contribution in [2.75, 3.05) is 18.2 Å². The van der Waals surface area contributed by atoms with E-state index in [0.29, 0.717) is 21.9 Å². The predicted molar refractivity (Wildman–Crippen MR) is 104 cm³/mol. The fourth-order valence-corrected chi connectivity index (χ4v) is 2.95. The van der Waals surface area contributed by atoms with E-state index in [2.05, 4.69) is 5.32 Å². The monoisotopic (exact) mass is 387 g/mol. The Balaban J connectivity index is 2.00. The van der Waals surface area contributed by atoms with Gasteiger partial charge in [-0.05, 0) is 38.1 Å². The summed E-state index contributed by atoms with van der Waals surface area (Å²) in [5, 5.41) is 2.78. The van der Waals surface area contributed by atoms with Crippen molar-refractivity contribution in [3.63, 3.8) is 0 Å². The van der Waals surface area contributed by atoms with E-state index in [1.807, 2.05) is 0 Å². The Morgan fingerprint density at radius 2 is 1.85 bits per heavy atom. The van der Waals surface area contributed by atoms with Gasteiger partial charge in [-0.25, -0.2) is 4.79 Å². The van der Waals surface area contributed by atoms with Gasteiger partial charge in [0.1, 0.15) is 5.75 Å². The molecule has 0 radical (unpaired) electrons. The molecule has 0 aliphatic rings. The zero-order valence-corrected chi connectivity index (χ0v) is 16.2. The number of benzene rings is 2. The standard InChI is InChI=1S/C20H21NO5S/c1-13(22)14(2)26-20(24)17-9-4-5-10-18(17)27-12-19(23)21-15-7-6-8-16(11-15)25-3/h4-11,14H,12H2,1-3H3,(H,21,23). The molecule has 0 saturated heterocycles. The SMILES string of the molecule is COc1cccc(NC(=O)CSc2ccccc2C(=O)OC(C)C(C)=O)c1. The summed E-state index contributed by atoms with van der Waals surface area (Å²) in [5.41, 5.74) is 0.952. The zero-order chi connectivity index (χ0) is 19.8. The largest absolute Gasteiger partial charge is 0.497 e. The number of carbonyl (C=O) groups is 3. The van der Waals surface area contributed by atoms with Gasteiger partial charge in [0.05, 0.1) is 18.4 Å². The summed E-state index contributed by atoms with van der Waals surface area (Å²) >= 11 is 1.22. The molecule has 0 aliphatic carbocycles. The van der Waals surface area contributed by atoms with Gasteiger partial charge in [-0.15, -0.1) is 11.8 Å². The second-order valence-corrected chi connectivity index (χ2v) is 6.74. The first-order valence-electron chi connectivity index (χ1n) is 8.28. The van der Waals surface area contributed by atoms with Crippen LogP contribution in [0.5, 0.6) is 5.75 Å². The highest BCUT2D eigenvalue weighted by atomic mass is 32.2. The fourth-order valence-electron chi connectivity index (χ4n) is 2.11. The van der Waals surface area contributed by atoms with Crippen molar-refractivity contribution in [2.24, 2.45) is 0 Å². The van der Waals surface area contributed by atoms with E-state index in [1.54, 1.807) is 55.6 Å². The number of anilines is 1. The van der Waals surface area contributed by atoms with Crippen LogP contribution in [0.25, 0.3) is 0 Å². The minimum atomic E-state index is -0.813. The number of nitrogens with one attached hydrogen (secondary N) is 1. The molecule has 0 spiro atoms. The molecule has 0 heterocycles. The molecule has 6 nitrogen and oxygen atoms in total. The smallest absolute Gasteiger partial charge is 0.339 e. The lowest BCUT2D eigenvalue weighted by Crippen LogP contribution is -2.22. The lowest BCUT2D eigenvalue weighted by atomic mass is 10.2. The highest BCUT2D eigenvalue weighted by Crippen LogP contribution is 2.24. The Hall–Kier alpha value is -2.80. The van der Waals surface area contributed by atoms with Crippen molar-refractivity contribution < 1.29 is 23.9 Å². The molecule has 1 atom stereocenters. The number of ketones is 1. The molecular formula is C20H21NO5S. The molecule has 1 amide bonds. The molecule has 0 fully saturated rings. The highest BCUT2D eigenvalue weighted by molar-refractivity contribution is 8.00. The van der Waals surface area contributed by atoms with Crippen molar-refractivity contribution in [1.82, 2.24) is 0 Å². The summed E-state index contributed by atoms with van der Waals surface area (Å²) < 4.78 is 10.3. The quantitative estimate of drug-likeness (QED) is 0.551. The Bertz CT molecular complexity index is 837. The first-order valence-corrected chi connectivity index (χ1v) is 9.26. The molecule has 142 valence electrons. The number of thioether (sulfide) groups is 1. The minimum Gasteiger partial charge on any atom is -0.497 e. The highest BCUT2D eigenvalue weighted by Gasteiger charge is 2.18. The summed E-state index contributed by atoms with van der Waals surface area (Å²) in [6.07, 6.45) is -0.813. The van der Waals surface area contributed by atoms with E-state index in [-0.39, 0.29) is 17.4 Å². The maximum atomic E-state index is 12.3. The summed E-state index contributed by atoms with van der Waals surface area (Å²) in [5.74, 6) is -0.272. The van der Waals surface area contributed by atoms with Gasteiger partial charge in [-0.3, -0.25) is 9.59 Å². The van der Waals surface area contributed by atoms with Crippen LogP contribution in [0.3, 0.4) is 0 Å². The van der Waals surface area contributed by atoms with E-state index in [0.717, 1.165) is 0 Å². The Labute approximate surface area is 162 Å². The van der Waals surface area contributed by atoms with Gasteiger partial charge in [0, 0.05) is 16.6 Å². The summed E-state index contributed by atoms with van der Waals surface area (Å²) in [4.78, 5) is 36.4. The fraction of sp³-hybridized carbons (Fsp3) is 0.250. The van der Waals surface area contributed by atoms with Crippen LogP contribution in [0.2, 0.25) is 0 Å². The third-order valence-corrected chi connectivity index (χ3v) is 4.75. The van der Waals surface area contributed by atoms with Gasteiger partial charge in [0.2, 0.25) is 5.91 Å². The van der Waals surface area contributed by atoms with Crippen molar-refractivity contribution >= 4 is 35.1 Å². The molecule has 1 unspecified atom stereocenters. The molecule has 2 aromatic rings. The number of Topliss-reactive ketones (excluding diaryl/α,β-unsaturated/α-hetero) is 1. The number of hydrogen-bond acceptors (Lipinski definition) is 6. The number of hydrogen-bond donors (Lipinski definition) is 1. The van der Waals surface area contributed by atoms with Crippen LogP contribution in [0.15, 0.2) is 53.4 Å². The van der Waals surface area contributed by atoms with Crippen LogP contribution >= 0.6 is 11.8 Å². The van der Waals surface area contributed by atoms with Crippen molar-refractivity contribution in [3.05, 3.63) is 54.1 Å². The minimum absolute atomic E-state index is 0.115. The molecule has 0 aliphatic heterocycles. The van der Waals surface area contributed by atoms with Crippen LogP contribution in [-0.4, -0.2) is 36.6 Å². The third kappa shape index (κ3) is 6.14.